The fourth-order valence-corrected chi connectivity index (χ4v) is 7.79. The first kappa shape index (κ1) is 7.26. The van der Waals surface area contributed by atoms with Crippen LogP contribution in [-0.4, -0.2) is 15.7 Å². The Morgan fingerprint density at radius 2 is 1.86 bits per heavy atom. The third-order valence-corrected chi connectivity index (χ3v) is 7.38. The minimum Gasteiger partial charge on any atom is -0.411 e. The molecule has 74 valence electrons. The molecule has 6 aliphatic carbocycles. The van der Waals surface area contributed by atoms with Crippen LogP contribution in [0.5, 0.6) is 0 Å². The summed E-state index contributed by atoms with van der Waals surface area (Å²) in [5.74, 6) is 6.84. The molecular formula is C11H12BrNO. The molecule has 6 aliphatic rings. The number of halogens is 1. The molecule has 2 nitrogen and oxygen atoms in total. The van der Waals surface area contributed by atoms with Crippen molar-refractivity contribution in [2.24, 2.45) is 52.5 Å². The van der Waals surface area contributed by atoms with E-state index in [1.54, 1.807) is 0 Å². The maximum absolute atomic E-state index is 9.14. The number of nitrogens with zero attached hydrogens (tertiary/aromatic N) is 1. The summed E-state index contributed by atoms with van der Waals surface area (Å²) in [6, 6.07) is 0. The fraction of sp³-hybridized carbons (Fsp3) is 0.909. The number of hydrogen-bond acceptors (Lipinski definition) is 2. The van der Waals surface area contributed by atoms with Gasteiger partial charge in [0.1, 0.15) is 0 Å². The van der Waals surface area contributed by atoms with Crippen LogP contribution >= 0.6 is 15.9 Å². The van der Waals surface area contributed by atoms with Crippen LogP contribution in [0.25, 0.3) is 0 Å². The Labute approximate surface area is 90.9 Å². The predicted molar refractivity (Wildman–Crippen MR) is 54.5 cm³/mol. The summed E-state index contributed by atoms with van der Waals surface area (Å²) < 4.78 is 0. The second-order valence-electron chi connectivity index (χ2n) is 5.89. The van der Waals surface area contributed by atoms with Gasteiger partial charge in [0.25, 0.3) is 0 Å². The molecule has 14 heavy (non-hydrogen) atoms. The highest BCUT2D eigenvalue weighted by atomic mass is 79.9. The van der Waals surface area contributed by atoms with Gasteiger partial charge in [-0.05, 0) is 41.9 Å². The first-order chi connectivity index (χ1) is 6.84. The molecule has 3 heteroatoms. The van der Waals surface area contributed by atoms with Crippen molar-refractivity contribution >= 4 is 21.6 Å². The van der Waals surface area contributed by atoms with E-state index >= 15 is 0 Å². The highest BCUT2D eigenvalue weighted by Gasteiger charge is 2.82. The van der Waals surface area contributed by atoms with E-state index in [9.17, 15) is 0 Å². The van der Waals surface area contributed by atoms with Gasteiger partial charge in [-0.1, -0.05) is 21.1 Å². The summed E-state index contributed by atoms with van der Waals surface area (Å²) in [7, 11) is 0. The zero-order valence-electron chi connectivity index (χ0n) is 7.68. The van der Waals surface area contributed by atoms with Crippen molar-refractivity contribution in [2.75, 3.05) is 0 Å². The van der Waals surface area contributed by atoms with Crippen molar-refractivity contribution in [3.8, 4) is 0 Å². The third kappa shape index (κ3) is 0.427. The third-order valence-electron chi connectivity index (χ3n) is 6.16. The number of oxime groups is 1. The lowest BCUT2D eigenvalue weighted by atomic mass is 9.71. The Hall–Kier alpha value is -0.0500. The van der Waals surface area contributed by atoms with Gasteiger partial charge in [0.2, 0.25) is 0 Å². The Morgan fingerprint density at radius 1 is 1.07 bits per heavy atom. The average molecular weight is 254 g/mol. The zero-order valence-corrected chi connectivity index (χ0v) is 9.26. The Bertz CT molecular complexity index is 379. The maximum Gasteiger partial charge on any atom is 0.0644 e. The van der Waals surface area contributed by atoms with E-state index in [2.05, 4.69) is 21.1 Å². The van der Waals surface area contributed by atoms with Gasteiger partial charge in [0.05, 0.1) is 5.71 Å². The lowest BCUT2D eigenvalue weighted by Crippen LogP contribution is -2.30. The van der Waals surface area contributed by atoms with Gasteiger partial charge in [-0.15, -0.1) is 0 Å². The van der Waals surface area contributed by atoms with Crippen LogP contribution in [0.2, 0.25) is 0 Å². The maximum atomic E-state index is 9.14. The molecule has 6 saturated carbocycles. The summed E-state index contributed by atoms with van der Waals surface area (Å²) in [6.07, 6.45) is 1.44. The lowest BCUT2D eigenvalue weighted by Gasteiger charge is -2.32. The van der Waals surface area contributed by atoms with Gasteiger partial charge in [-0.25, -0.2) is 0 Å². The van der Waals surface area contributed by atoms with Crippen LogP contribution in [0.4, 0.5) is 0 Å². The smallest absolute Gasteiger partial charge is 0.0644 e. The van der Waals surface area contributed by atoms with Crippen molar-refractivity contribution in [2.45, 2.75) is 11.2 Å². The standard InChI is InChI=1S/C11H12BrNO/c12-10-6-2-1-3-4(6)9-8(10)5(2)7(3)11(9)13-14/h2-10,14H,1H2/b13-11+/t2-,3-,4-,5-,6-,7-,8+,9-,10+/m0/s1. The molecule has 0 aromatic heterocycles. The Morgan fingerprint density at radius 3 is 2.57 bits per heavy atom. The average Bonchev–Trinajstić information content (AvgIpc) is 2.85. The van der Waals surface area contributed by atoms with Gasteiger partial charge in [-0.2, -0.15) is 0 Å². The van der Waals surface area contributed by atoms with Crippen LogP contribution in [0, 0.1) is 47.3 Å². The molecule has 0 saturated heterocycles. The SMILES string of the molecule is O/N=C1/[C@H]2[C@H]3[C@@H]4C[C@@H]5[C@@H]3[C@@H](Br)[C@@H]2[C@@H]5[C@@H]14. The van der Waals surface area contributed by atoms with E-state index in [0.29, 0.717) is 11.8 Å². The highest BCUT2D eigenvalue weighted by Crippen LogP contribution is 2.82. The van der Waals surface area contributed by atoms with Gasteiger partial charge in [-0.3, -0.25) is 0 Å². The highest BCUT2D eigenvalue weighted by molar-refractivity contribution is 9.09. The number of alkyl halides is 1. The van der Waals surface area contributed by atoms with E-state index in [1.165, 1.54) is 12.1 Å². The van der Waals surface area contributed by atoms with Crippen molar-refractivity contribution < 1.29 is 5.21 Å². The topological polar surface area (TPSA) is 32.6 Å². The molecule has 0 spiro atoms. The molecule has 0 radical (unpaired) electrons. The summed E-state index contributed by atoms with van der Waals surface area (Å²) in [5.41, 5.74) is 1.20. The molecule has 0 heterocycles. The first-order valence-corrected chi connectivity index (χ1v) is 6.62. The quantitative estimate of drug-likeness (QED) is 0.400. The van der Waals surface area contributed by atoms with Gasteiger partial charge < -0.3 is 5.21 Å². The molecule has 0 aromatic rings. The first-order valence-electron chi connectivity index (χ1n) is 5.70. The molecule has 0 aliphatic heterocycles. The summed E-state index contributed by atoms with van der Waals surface area (Å²) in [6.45, 7) is 0. The molecule has 6 fully saturated rings. The van der Waals surface area contributed by atoms with Crippen molar-refractivity contribution in [1.82, 2.24) is 0 Å². The molecule has 9 atom stereocenters. The zero-order chi connectivity index (χ0) is 9.19. The van der Waals surface area contributed by atoms with E-state index in [0.717, 1.165) is 40.3 Å². The van der Waals surface area contributed by atoms with Crippen LogP contribution in [-0.2, 0) is 0 Å². The summed E-state index contributed by atoms with van der Waals surface area (Å²) >= 11 is 3.91. The Kier molecular flexibility index (Phi) is 0.940. The van der Waals surface area contributed by atoms with E-state index < -0.39 is 0 Å². The molecule has 6 rings (SSSR count). The second-order valence-corrected chi connectivity index (χ2v) is 6.95. The molecule has 6 bridgehead atoms. The van der Waals surface area contributed by atoms with Crippen LogP contribution < -0.4 is 0 Å². The van der Waals surface area contributed by atoms with Gasteiger partial charge in [0.15, 0.2) is 0 Å². The summed E-state index contributed by atoms with van der Waals surface area (Å²) in [4.78, 5) is 0.752. The molecular weight excluding hydrogens is 242 g/mol. The van der Waals surface area contributed by atoms with Crippen molar-refractivity contribution in [1.29, 1.82) is 0 Å². The number of hydrogen-bond donors (Lipinski definition) is 1. The minimum absolute atomic E-state index is 0.674. The monoisotopic (exact) mass is 253 g/mol. The fourth-order valence-electron chi connectivity index (χ4n) is 6.36. The van der Waals surface area contributed by atoms with Crippen molar-refractivity contribution in [3.63, 3.8) is 0 Å². The normalized spacial score (nSPS) is 77.8. The molecule has 0 amide bonds. The van der Waals surface area contributed by atoms with Gasteiger partial charge >= 0.3 is 0 Å². The van der Waals surface area contributed by atoms with E-state index in [-0.39, 0.29) is 0 Å². The van der Waals surface area contributed by atoms with Crippen molar-refractivity contribution in [3.05, 3.63) is 0 Å². The van der Waals surface area contributed by atoms with Crippen LogP contribution in [0.3, 0.4) is 0 Å². The molecule has 0 unspecified atom stereocenters. The van der Waals surface area contributed by atoms with E-state index in [1.807, 2.05) is 0 Å². The lowest BCUT2D eigenvalue weighted by molar-refractivity contribution is 0.132. The Balaban J connectivity index is 1.85. The largest absolute Gasteiger partial charge is 0.411 e. The predicted octanol–water partition coefficient (Wildman–Crippen LogP) is 1.97. The molecule has 1 N–H and O–H groups in total. The van der Waals surface area contributed by atoms with Gasteiger partial charge in [0, 0.05) is 16.7 Å². The van der Waals surface area contributed by atoms with E-state index in [4.69, 9.17) is 5.21 Å². The van der Waals surface area contributed by atoms with Crippen LogP contribution in [0.1, 0.15) is 6.42 Å². The number of rotatable bonds is 0. The minimum atomic E-state index is 0.674. The van der Waals surface area contributed by atoms with Crippen LogP contribution in [0.15, 0.2) is 5.16 Å². The second kappa shape index (κ2) is 1.81. The summed E-state index contributed by atoms with van der Waals surface area (Å²) in [5, 5.41) is 12.8. The molecule has 0 aromatic carbocycles.